The molecule has 0 saturated carbocycles. The van der Waals surface area contributed by atoms with E-state index in [0.29, 0.717) is 34.0 Å². The molecular weight excluding hydrogens is 590 g/mol. The predicted molar refractivity (Wildman–Crippen MR) is 170 cm³/mol. The molecule has 0 spiro atoms. The number of hydrogen-bond acceptors (Lipinski definition) is 8. The van der Waals surface area contributed by atoms with Crippen molar-refractivity contribution in [1.29, 1.82) is 0 Å². The van der Waals surface area contributed by atoms with E-state index in [2.05, 4.69) is 4.99 Å². The summed E-state index contributed by atoms with van der Waals surface area (Å²) in [6, 6.07) is 31.7. The third-order valence-electron chi connectivity index (χ3n) is 7.32. The number of nitro groups is 1. The Morgan fingerprint density at radius 2 is 1.53 bits per heavy atom. The van der Waals surface area contributed by atoms with Gasteiger partial charge in [-0.05, 0) is 47.9 Å². The number of carbonyl (C=O) groups is 1. The average molecular weight is 618 g/mol. The number of nitrogens with zero attached hydrogens (tertiary/aromatic N) is 3. The Morgan fingerprint density at radius 1 is 0.911 bits per heavy atom. The number of aromatic nitrogens is 1. The molecular formula is C35H27N3O6S. The predicted octanol–water partition coefficient (Wildman–Crippen LogP) is 5.47. The van der Waals surface area contributed by atoms with Gasteiger partial charge >= 0.3 is 5.97 Å². The Kier molecular flexibility index (Phi) is 8.47. The van der Waals surface area contributed by atoms with Crippen LogP contribution in [0.3, 0.4) is 0 Å². The van der Waals surface area contributed by atoms with Crippen LogP contribution in [0.4, 0.5) is 5.69 Å². The first kappa shape index (κ1) is 29.5. The highest BCUT2D eigenvalue weighted by Crippen LogP contribution is 2.32. The first-order chi connectivity index (χ1) is 21.9. The first-order valence-electron chi connectivity index (χ1n) is 14.1. The Balaban J connectivity index is 1.40. The standard InChI is InChI=1S/C35H27N3O6S/c1-23-31(34(40)44-22-25-12-6-3-7-13-25)32(26-16-18-28(19-17-26)43-21-24-10-4-2-5-11-24)37-33(39)30(45-35(37)36-23)20-27-14-8-9-15-29(27)38(41)42/h2-20,32H,21-22H2,1H3. The van der Waals surface area contributed by atoms with E-state index in [0.717, 1.165) is 22.5 Å². The second kappa shape index (κ2) is 12.9. The lowest BCUT2D eigenvalue weighted by atomic mass is 9.96. The molecule has 0 saturated heterocycles. The number of carbonyl (C=O) groups excluding carboxylic acids is 1. The molecule has 1 aliphatic heterocycles. The third-order valence-corrected chi connectivity index (χ3v) is 8.30. The Morgan fingerprint density at radius 3 is 2.20 bits per heavy atom. The molecule has 2 heterocycles. The number of thiazole rings is 1. The molecule has 5 aromatic rings. The van der Waals surface area contributed by atoms with Gasteiger partial charge in [-0.25, -0.2) is 9.79 Å². The summed E-state index contributed by atoms with van der Waals surface area (Å²) in [6.07, 6.45) is 1.49. The van der Waals surface area contributed by atoms with Crippen molar-refractivity contribution >= 4 is 29.1 Å². The minimum atomic E-state index is -0.847. The van der Waals surface area contributed by atoms with E-state index >= 15 is 0 Å². The number of nitro benzene ring substituents is 1. The molecule has 224 valence electrons. The molecule has 10 heteroatoms. The van der Waals surface area contributed by atoms with Gasteiger partial charge in [0.1, 0.15) is 19.0 Å². The van der Waals surface area contributed by atoms with Crippen molar-refractivity contribution in [3.63, 3.8) is 0 Å². The van der Waals surface area contributed by atoms with Crippen LogP contribution in [0.1, 0.15) is 35.2 Å². The van der Waals surface area contributed by atoms with E-state index in [4.69, 9.17) is 9.47 Å². The van der Waals surface area contributed by atoms with Crippen molar-refractivity contribution in [3.05, 3.63) is 173 Å². The van der Waals surface area contributed by atoms with Gasteiger partial charge in [-0.1, -0.05) is 96.3 Å². The normalized spacial score (nSPS) is 14.4. The molecule has 1 atom stereocenters. The minimum Gasteiger partial charge on any atom is -0.489 e. The van der Waals surface area contributed by atoms with Crippen LogP contribution in [-0.4, -0.2) is 15.5 Å². The second-order valence-electron chi connectivity index (χ2n) is 10.3. The SMILES string of the molecule is CC1=C(C(=O)OCc2ccccc2)C(c2ccc(OCc3ccccc3)cc2)n2c(sc(=Cc3ccccc3[N+](=O)[O-])c2=O)=N1. The number of para-hydroxylation sites is 1. The highest BCUT2D eigenvalue weighted by atomic mass is 32.1. The topological polar surface area (TPSA) is 113 Å². The molecule has 6 rings (SSSR count). The van der Waals surface area contributed by atoms with Crippen molar-refractivity contribution in [2.24, 2.45) is 4.99 Å². The van der Waals surface area contributed by atoms with E-state index in [9.17, 15) is 19.7 Å². The molecule has 0 aliphatic carbocycles. The maximum absolute atomic E-state index is 14.0. The Hall–Kier alpha value is -5.61. The van der Waals surface area contributed by atoms with Gasteiger partial charge in [-0.2, -0.15) is 0 Å². The summed E-state index contributed by atoms with van der Waals surface area (Å²) >= 11 is 1.11. The van der Waals surface area contributed by atoms with Crippen molar-refractivity contribution in [2.75, 3.05) is 0 Å². The summed E-state index contributed by atoms with van der Waals surface area (Å²) in [6.45, 7) is 2.15. The average Bonchev–Trinajstić information content (AvgIpc) is 3.37. The number of allylic oxidation sites excluding steroid dienone is 1. The zero-order valence-corrected chi connectivity index (χ0v) is 25.0. The van der Waals surface area contributed by atoms with Gasteiger partial charge in [-0.3, -0.25) is 19.5 Å². The zero-order chi connectivity index (χ0) is 31.3. The molecule has 0 radical (unpaired) electrons. The van der Waals surface area contributed by atoms with Crippen LogP contribution in [0.15, 0.2) is 130 Å². The molecule has 1 aliphatic rings. The molecule has 0 amide bonds. The van der Waals surface area contributed by atoms with Gasteiger partial charge in [0.2, 0.25) is 0 Å². The van der Waals surface area contributed by atoms with E-state index in [1.54, 1.807) is 37.3 Å². The summed E-state index contributed by atoms with van der Waals surface area (Å²) < 4.78 is 13.4. The lowest BCUT2D eigenvalue weighted by Gasteiger charge is -2.25. The van der Waals surface area contributed by atoms with E-state index < -0.39 is 22.5 Å². The first-order valence-corrected chi connectivity index (χ1v) is 14.9. The maximum Gasteiger partial charge on any atom is 0.338 e. The lowest BCUT2D eigenvalue weighted by molar-refractivity contribution is -0.385. The van der Waals surface area contributed by atoms with Crippen LogP contribution in [0.25, 0.3) is 6.08 Å². The molecule has 0 N–H and O–H groups in total. The minimum absolute atomic E-state index is 0.0531. The summed E-state index contributed by atoms with van der Waals surface area (Å²) in [5, 5.41) is 11.6. The molecule has 4 aromatic carbocycles. The Labute approximate surface area is 261 Å². The van der Waals surface area contributed by atoms with Crippen molar-refractivity contribution in [2.45, 2.75) is 26.2 Å². The quantitative estimate of drug-likeness (QED) is 0.123. The number of hydrogen-bond donors (Lipinski definition) is 0. The van der Waals surface area contributed by atoms with Crippen LogP contribution < -0.4 is 19.6 Å². The molecule has 0 fully saturated rings. The van der Waals surface area contributed by atoms with E-state index in [1.165, 1.54) is 16.7 Å². The van der Waals surface area contributed by atoms with Gasteiger partial charge in [0, 0.05) is 6.07 Å². The summed E-state index contributed by atoms with van der Waals surface area (Å²) in [7, 11) is 0. The maximum atomic E-state index is 14.0. The molecule has 1 aromatic heterocycles. The summed E-state index contributed by atoms with van der Waals surface area (Å²) in [5.74, 6) is 0.0304. The molecule has 0 bridgehead atoms. The highest BCUT2D eigenvalue weighted by Gasteiger charge is 2.33. The number of fused-ring (bicyclic) bond motifs is 1. The summed E-state index contributed by atoms with van der Waals surface area (Å²) in [5.41, 5.74) is 2.90. The van der Waals surface area contributed by atoms with Crippen LogP contribution >= 0.6 is 11.3 Å². The number of esters is 1. The number of benzene rings is 4. The van der Waals surface area contributed by atoms with Gasteiger partial charge in [-0.15, -0.1) is 0 Å². The van der Waals surface area contributed by atoms with Crippen LogP contribution in [0.2, 0.25) is 0 Å². The fourth-order valence-corrected chi connectivity index (χ4v) is 6.14. The van der Waals surface area contributed by atoms with Gasteiger partial charge in [0.15, 0.2) is 4.80 Å². The smallest absolute Gasteiger partial charge is 0.338 e. The second-order valence-corrected chi connectivity index (χ2v) is 11.3. The van der Waals surface area contributed by atoms with E-state index in [1.807, 2.05) is 72.8 Å². The van der Waals surface area contributed by atoms with Crippen LogP contribution in [0.5, 0.6) is 5.75 Å². The lowest BCUT2D eigenvalue weighted by Crippen LogP contribution is -2.39. The number of ether oxygens (including phenoxy) is 2. The molecule has 1 unspecified atom stereocenters. The fourth-order valence-electron chi connectivity index (χ4n) is 5.10. The van der Waals surface area contributed by atoms with E-state index in [-0.39, 0.29) is 22.4 Å². The van der Waals surface area contributed by atoms with Gasteiger partial charge in [0.05, 0.1) is 32.3 Å². The number of rotatable bonds is 9. The van der Waals surface area contributed by atoms with Crippen molar-refractivity contribution in [3.8, 4) is 5.75 Å². The highest BCUT2D eigenvalue weighted by molar-refractivity contribution is 7.07. The van der Waals surface area contributed by atoms with Crippen LogP contribution in [-0.2, 0) is 22.7 Å². The fraction of sp³-hybridized carbons (Fsp3) is 0.114. The summed E-state index contributed by atoms with van der Waals surface area (Å²) in [4.78, 5) is 43.8. The van der Waals surface area contributed by atoms with Crippen molar-refractivity contribution < 1.29 is 19.2 Å². The largest absolute Gasteiger partial charge is 0.489 e. The van der Waals surface area contributed by atoms with Gasteiger partial charge in [0.25, 0.3) is 11.2 Å². The molecule has 9 nitrogen and oxygen atoms in total. The van der Waals surface area contributed by atoms with Gasteiger partial charge < -0.3 is 9.47 Å². The Bertz CT molecular complexity index is 2090. The zero-order valence-electron chi connectivity index (χ0n) is 24.2. The monoisotopic (exact) mass is 617 g/mol. The van der Waals surface area contributed by atoms with Crippen LogP contribution in [0, 0.1) is 10.1 Å². The van der Waals surface area contributed by atoms with Crippen molar-refractivity contribution in [1.82, 2.24) is 4.57 Å². The third kappa shape index (κ3) is 6.36. The molecule has 45 heavy (non-hydrogen) atoms.